The smallest absolute Gasteiger partial charge is 0.395 e. The Hall–Kier alpha value is 0.107. The molecule has 20 heavy (non-hydrogen) atoms. The number of hydrogen-bond donors (Lipinski definition) is 0. The first kappa shape index (κ1) is 16.5. The molecule has 7 heteroatoms. The van der Waals surface area contributed by atoms with Gasteiger partial charge in [-0.15, -0.1) is 8.78 Å². The molecule has 0 bridgehead atoms. The molecular weight excluding hydrogens is 461 g/mol. The number of alkyl halides is 2. The zero-order chi connectivity index (χ0) is 15.1. The van der Waals surface area contributed by atoms with Gasteiger partial charge in [-0.1, -0.05) is 38.9 Å². The molecule has 2 nitrogen and oxygen atoms in total. The fraction of sp³-hybridized carbons (Fsp3) is 0.538. The molecule has 0 aliphatic carbocycles. The SMILES string of the molecule is CC[Si](CC)(CC)c1cc(Br)c(I)c2c1OC(F)(F)O2. The van der Waals surface area contributed by atoms with Crippen LogP contribution in [0.15, 0.2) is 10.5 Å². The van der Waals surface area contributed by atoms with Crippen molar-refractivity contribution in [1.29, 1.82) is 0 Å². The summed E-state index contributed by atoms with van der Waals surface area (Å²) in [5, 5.41) is 0.935. The third kappa shape index (κ3) is 2.60. The second-order valence-corrected chi connectivity index (χ2v) is 12.0. The summed E-state index contributed by atoms with van der Waals surface area (Å²) in [6.07, 6.45) is -3.56. The first-order valence-corrected chi connectivity index (χ1v) is 11.1. The Balaban J connectivity index is 2.68. The van der Waals surface area contributed by atoms with Gasteiger partial charge in [0.25, 0.3) is 0 Å². The maximum Gasteiger partial charge on any atom is 0.586 e. The van der Waals surface area contributed by atoms with Crippen LogP contribution in [0.1, 0.15) is 20.8 Å². The third-order valence-electron chi connectivity index (χ3n) is 4.17. The zero-order valence-electron chi connectivity index (χ0n) is 11.5. The molecular formula is C13H16BrF2IO2Si. The minimum absolute atomic E-state index is 0.173. The molecule has 1 heterocycles. The molecule has 0 N–H and O–H groups in total. The fourth-order valence-corrected chi connectivity index (χ4v) is 7.62. The molecule has 1 aliphatic rings. The third-order valence-corrected chi connectivity index (χ3v) is 12.2. The average Bonchev–Trinajstić information content (AvgIpc) is 2.74. The maximum absolute atomic E-state index is 13.5. The van der Waals surface area contributed by atoms with Crippen LogP contribution in [-0.4, -0.2) is 14.4 Å². The van der Waals surface area contributed by atoms with Gasteiger partial charge in [0.05, 0.1) is 11.6 Å². The van der Waals surface area contributed by atoms with Crippen molar-refractivity contribution in [3.8, 4) is 11.5 Å². The second-order valence-electron chi connectivity index (χ2n) is 4.89. The molecule has 0 amide bonds. The van der Waals surface area contributed by atoms with Crippen LogP contribution in [-0.2, 0) is 0 Å². The molecule has 1 aromatic carbocycles. The average molecular weight is 477 g/mol. The highest BCUT2D eigenvalue weighted by atomic mass is 127. The summed E-state index contributed by atoms with van der Waals surface area (Å²) in [4.78, 5) is 0. The largest absolute Gasteiger partial charge is 0.586 e. The van der Waals surface area contributed by atoms with E-state index >= 15 is 0 Å². The van der Waals surface area contributed by atoms with Crippen molar-refractivity contribution in [2.24, 2.45) is 0 Å². The minimum Gasteiger partial charge on any atom is -0.395 e. The number of halogens is 4. The second kappa shape index (κ2) is 5.72. The van der Waals surface area contributed by atoms with Crippen LogP contribution < -0.4 is 14.7 Å². The fourth-order valence-electron chi connectivity index (χ4n) is 2.75. The predicted octanol–water partition coefficient (Wildman–Crippen LogP) is 5.09. The van der Waals surface area contributed by atoms with Crippen molar-refractivity contribution < 1.29 is 18.3 Å². The lowest BCUT2D eigenvalue weighted by Gasteiger charge is -2.30. The Morgan fingerprint density at radius 3 is 2.15 bits per heavy atom. The van der Waals surface area contributed by atoms with Crippen LogP contribution in [0.2, 0.25) is 18.1 Å². The van der Waals surface area contributed by atoms with Gasteiger partial charge >= 0.3 is 6.29 Å². The quantitative estimate of drug-likeness (QED) is 0.445. The van der Waals surface area contributed by atoms with Gasteiger partial charge in [-0.3, -0.25) is 0 Å². The zero-order valence-corrected chi connectivity index (χ0v) is 16.3. The topological polar surface area (TPSA) is 18.5 Å². The monoisotopic (exact) mass is 476 g/mol. The maximum atomic E-state index is 13.5. The molecule has 1 aromatic rings. The van der Waals surface area contributed by atoms with E-state index in [1.165, 1.54) is 0 Å². The minimum atomic E-state index is -3.56. The van der Waals surface area contributed by atoms with E-state index in [1.807, 2.05) is 28.7 Å². The van der Waals surface area contributed by atoms with Gasteiger partial charge in [0.2, 0.25) is 0 Å². The highest BCUT2D eigenvalue weighted by Gasteiger charge is 2.48. The van der Waals surface area contributed by atoms with Crippen LogP contribution in [0, 0.1) is 3.57 Å². The standard InChI is InChI=1S/C13H16BrF2IO2Si/c1-4-20(5-2,6-3)9-7-8(14)10(17)12-11(9)18-13(15,16)19-12/h7H,4-6H2,1-3H3. The van der Waals surface area contributed by atoms with E-state index in [1.54, 1.807) is 0 Å². The van der Waals surface area contributed by atoms with Gasteiger partial charge in [0.1, 0.15) is 0 Å². The molecule has 0 aromatic heterocycles. The first-order chi connectivity index (χ1) is 9.30. The Morgan fingerprint density at radius 2 is 1.65 bits per heavy atom. The summed E-state index contributed by atoms with van der Waals surface area (Å²) < 4.78 is 37.9. The van der Waals surface area contributed by atoms with Crippen molar-refractivity contribution in [1.82, 2.24) is 0 Å². The number of benzene rings is 1. The molecule has 112 valence electrons. The van der Waals surface area contributed by atoms with Gasteiger partial charge < -0.3 is 9.47 Å². The highest BCUT2D eigenvalue weighted by Crippen LogP contribution is 2.47. The van der Waals surface area contributed by atoms with Gasteiger partial charge in [-0.25, -0.2) is 0 Å². The summed E-state index contributed by atoms with van der Waals surface area (Å²) >= 11 is 5.45. The van der Waals surface area contributed by atoms with Crippen molar-refractivity contribution >= 4 is 51.8 Å². The van der Waals surface area contributed by atoms with Crippen LogP contribution in [0.25, 0.3) is 0 Å². The van der Waals surface area contributed by atoms with Crippen LogP contribution in [0.5, 0.6) is 11.5 Å². The molecule has 2 rings (SSSR count). The molecule has 0 spiro atoms. The van der Waals surface area contributed by atoms with Crippen LogP contribution >= 0.6 is 38.5 Å². The van der Waals surface area contributed by atoms with Gasteiger partial charge in [-0.2, -0.15) is 0 Å². The van der Waals surface area contributed by atoms with E-state index in [2.05, 4.69) is 36.7 Å². The van der Waals surface area contributed by atoms with Crippen molar-refractivity contribution in [2.75, 3.05) is 0 Å². The van der Waals surface area contributed by atoms with Crippen molar-refractivity contribution in [3.05, 3.63) is 14.1 Å². The first-order valence-electron chi connectivity index (χ1n) is 6.58. The molecule has 0 unspecified atom stereocenters. The molecule has 0 radical (unpaired) electrons. The Morgan fingerprint density at radius 1 is 1.15 bits per heavy atom. The molecule has 0 saturated heterocycles. The summed E-state index contributed by atoms with van der Waals surface area (Å²) in [6.45, 7) is 6.39. The van der Waals surface area contributed by atoms with Crippen molar-refractivity contribution in [2.45, 2.75) is 45.2 Å². The van der Waals surface area contributed by atoms with E-state index in [4.69, 9.17) is 9.47 Å². The Bertz CT molecular complexity index is 527. The normalized spacial score (nSPS) is 16.6. The van der Waals surface area contributed by atoms with Crippen LogP contribution in [0.4, 0.5) is 8.78 Å². The summed E-state index contributed by atoms with van der Waals surface area (Å²) in [5.41, 5.74) is 0. The summed E-state index contributed by atoms with van der Waals surface area (Å²) in [6, 6.07) is 4.94. The molecule has 0 atom stereocenters. The predicted molar refractivity (Wildman–Crippen MR) is 89.9 cm³/mol. The van der Waals surface area contributed by atoms with E-state index in [-0.39, 0.29) is 11.5 Å². The number of fused-ring (bicyclic) bond motifs is 1. The lowest BCUT2D eigenvalue weighted by molar-refractivity contribution is -0.286. The highest BCUT2D eigenvalue weighted by molar-refractivity contribution is 14.1. The van der Waals surface area contributed by atoms with Gasteiger partial charge in [0.15, 0.2) is 11.5 Å². The molecule has 1 aliphatic heterocycles. The number of hydrogen-bond acceptors (Lipinski definition) is 2. The molecule has 0 fully saturated rings. The van der Waals surface area contributed by atoms with E-state index in [0.717, 1.165) is 27.8 Å². The van der Waals surface area contributed by atoms with E-state index in [9.17, 15) is 8.78 Å². The van der Waals surface area contributed by atoms with E-state index < -0.39 is 14.4 Å². The van der Waals surface area contributed by atoms with Gasteiger partial charge in [0, 0.05) is 4.47 Å². The lowest BCUT2D eigenvalue weighted by Crippen LogP contribution is -2.46. The number of ether oxygens (including phenoxy) is 2. The lowest BCUT2D eigenvalue weighted by atomic mass is 10.3. The molecule has 0 saturated carbocycles. The Kier molecular flexibility index (Phi) is 4.71. The summed E-state index contributed by atoms with van der Waals surface area (Å²) in [7, 11) is -1.84. The van der Waals surface area contributed by atoms with E-state index in [0.29, 0.717) is 3.57 Å². The Labute approximate surface area is 140 Å². The number of rotatable bonds is 4. The van der Waals surface area contributed by atoms with Crippen molar-refractivity contribution in [3.63, 3.8) is 0 Å². The van der Waals surface area contributed by atoms with Gasteiger partial charge in [-0.05, 0) is 49.8 Å². The van der Waals surface area contributed by atoms with Crippen LogP contribution in [0.3, 0.4) is 0 Å². The summed E-state index contributed by atoms with van der Waals surface area (Å²) in [5.74, 6) is 0.423.